The van der Waals surface area contributed by atoms with Crippen LogP contribution in [0.2, 0.25) is 0 Å². The topological polar surface area (TPSA) is 33.7 Å². The molecule has 2 aromatic carbocycles. The van der Waals surface area contributed by atoms with E-state index in [-0.39, 0.29) is 5.82 Å². The molecule has 0 saturated carbocycles. The van der Waals surface area contributed by atoms with Gasteiger partial charge >= 0.3 is 0 Å². The largest absolute Gasteiger partial charge is 0.490 e. The molecule has 1 N–H and O–H groups in total. The molecular formula is C21H25FN2O2. The molecular weight excluding hydrogens is 331 g/mol. The molecule has 0 aromatic heterocycles. The second kappa shape index (κ2) is 7.64. The highest BCUT2D eigenvalue weighted by atomic mass is 19.1. The molecule has 0 spiro atoms. The fraction of sp³-hybridized carbons (Fsp3) is 0.429. The summed E-state index contributed by atoms with van der Waals surface area (Å²) in [6, 6.07) is 9.24. The zero-order chi connectivity index (χ0) is 17.9. The second-order valence-electron chi connectivity index (χ2n) is 6.79. The van der Waals surface area contributed by atoms with Crippen LogP contribution in [0.15, 0.2) is 30.3 Å². The Bertz CT molecular complexity index is 794. The molecule has 0 unspecified atom stereocenters. The lowest BCUT2D eigenvalue weighted by Crippen LogP contribution is -2.36. The maximum Gasteiger partial charge on any atom is 0.143 e. The van der Waals surface area contributed by atoms with E-state index in [1.54, 1.807) is 19.2 Å². The number of methoxy groups -OCH3 is 1. The Kier molecular flexibility index (Phi) is 5.09. The van der Waals surface area contributed by atoms with E-state index in [1.165, 1.54) is 11.1 Å². The summed E-state index contributed by atoms with van der Waals surface area (Å²) in [5.41, 5.74) is 5.18. The summed E-state index contributed by atoms with van der Waals surface area (Å²) >= 11 is 0. The van der Waals surface area contributed by atoms with Crippen molar-refractivity contribution in [3.8, 4) is 16.9 Å². The first-order chi connectivity index (χ1) is 12.8. The van der Waals surface area contributed by atoms with E-state index in [2.05, 4.69) is 16.3 Å². The SMILES string of the molecule is COCCN1CCOc2cc3c(c(-c4ccccc4F)c21)CCNCC3. The number of hydrogen-bond acceptors (Lipinski definition) is 4. The average Bonchev–Trinajstić information content (AvgIpc) is 2.90. The lowest BCUT2D eigenvalue weighted by Gasteiger charge is -2.35. The zero-order valence-corrected chi connectivity index (χ0v) is 15.2. The number of nitrogens with zero attached hydrogens (tertiary/aromatic N) is 1. The Labute approximate surface area is 153 Å². The molecule has 5 heteroatoms. The van der Waals surface area contributed by atoms with E-state index in [1.807, 2.05) is 12.1 Å². The smallest absolute Gasteiger partial charge is 0.143 e. The number of rotatable bonds is 4. The fourth-order valence-corrected chi connectivity index (χ4v) is 3.99. The Morgan fingerprint density at radius 2 is 2.08 bits per heavy atom. The Balaban J connectivity index is 1.95. The van der Waals surface area contributed by atoms with Crippen LogP contribution >= 0.6 is 0 Å². The van der Waals surface area contributed by atoms with Gasteiger partial charge in [-0.25, -0.2) is 4.39 Å². The highest BCUT2D eigenvalue weighted by molar-refractivity contribution is 5.88. The maximum absolute atomic E-state index is 14.8. The van der Waals surface area contributed by atoms with Gasteiger partial charge in [0.2, 0.25) is 0 Å². The summed E-state index contributed by atoms with van der Waals surface area (Å²) in [5.74, 6) is 0.684. The Morgan fingerprint density at radius 3 is 2.92 bits per heavy atom. The number of halogens is 1. The summed E-state index contributed by atoms with van der Waals surface area (Å²) in [5, 5.41) is 3.46. The van der Waals surface area contributed by atoms with Gasteiger partial charge in [0.25, 0.3) is 0 Å². The van der Waals surface area contributed by atoms with Crippen LogP contribution in [0.25, 0.3) is 11.1 Å². The van der Waals surface area contributed by atoms with Gasteiger partial charge in [0.1, 0.15) is 18.2 Å². The minimum absolute atomic E-state index is 0.183. The number of benzene rings is 2. The van der Waals surface area contributed by atoms with Crippen molar-refractivity contribution >= 4 is 5.69 Å². The van der Waals surface area contributed by atoms with Crippen molar-refractivity contribution in [1.82, 2.24) is 5.32 Å². The van der Waals surface area contributed by atoms with Crippen LogP contribution in [0.4, 0.5) is 10.1 Å². The fourth-order valence-electron chi connectivity index (χ4n) is 3.99. The van der Waals surface area contributed by atoms with Gasteiger partial charge in [-0.15, -0.1) is 0 Å². The van der Waals surface area contributed by atoms with Crippen molar-refractivity contribution in [2.75, 3.05) is 51.4 Å². The van der Waals surface area contributed by atoms with E-state index >= 15 is 0 Å². The first kappa shape index (κ1) is 17.3. The van der Waals surface area contributed by atoms with Crippen LogP contribution in [0, 0.1) is 5.82 Å². The third-order valence-electron chi connectivity index (χ3n) is 5.23. The molecule has 2 heterocycles. The molecule has 2 aromatic rings. The molecule has 2 aliphatic rings. The first-order valence-corrected chi connectivity index (χ1v) is 9.30. The molecule has 0 amide bonds. The standard InChI is InChI=1S/C21H25FN2O2/c1-25-12-10-24-11-13-26-19-14-15-6-8-23-9-7-16(15)20(21(19)24)17-4-2-3-5-18(17)22/h2-5,14,23H,6-13H2,1H3. The molecule has 4 nitrogen and oxygen atoms in total. The molecule has 138 valence electrons. The number of hydrogen-bond donors (Lipinski definition) is 1. The molecule has 0 aliphatic carbocycles. The Hall–Kier alpha value is -2.11. The van der Waals surface area contributed by atoms with Crippen molar-refractivity contribution in [3.05, 3.63) is 47.3 Å². The van der Waals surface area contributed by atoms with Gasteiger partial charge in [0, 0.05) is 24.8 Å². The molecule has 4 rings (SSSR count). The highest BCUT2D eigenvalue weighted by Gasteiger charge is 2.28. The van der Waals surface area contributed by atoms with Gasteiger partial charge in [0.05, 0.1) is 18.8 Å². The molecule has 2 aliphatic heterocycles. The number of fused-ring (bicyclic) bond motifs is 2. The minimum atomic E-state index is -0.183. The third kappa shape index (κ3) is 3.17. The van der Waals surface area contributed by atoms with Gasteiger partial charge in [-0.2, -0.15) is 0 Å². The van der Waals surface area contributed by atoms with Crippen molar-refractivity contribution in [2.45, 2.75) is 12.8 Å². The average molecular weight is 356 g/mol. The third-order valence-corrected chi connectivity index (χ3v) is 5.23. The van der Waals surface area contributed by atoms with Gasteiger partial charge < -0.3 is 19.7 Å². The number of nitrogens with one attached hydrogen (secondary N) is 1. The van der Waals surface area contributed by atoms with E-state index < -0.39 is 0 Å². The predicted molar refractivity (Wildman–Crippen MR) is 102 cm³/mol. The summed E-state index contributed by atoms with van der Waals surface area (Å²) < 4.78 is 26.1. The second-order valence-corrected chi connectivity index (χ2v) is 6.79. The first-order valence-electron chi connectivity index (χ1n) is 9.30. The molecule has 0 fully saturated rings. The number of ether oxygens (including phenoxy) is 2. The van der Waals surface area contributed by atoms with Crippen molar-refractivity contribution in [2.24, 2.45) is 0 Å². The van der Waals surface area contributed by atoms with Crippen LogP contribution in [0.1, 0.15) is 11.1 Å². The monoisotopic (exact) mass is 356 g/mol. The van der Waals surface area contributed by atoms with Crippen LogP contribution in [-0.4, -0.2) is 46.5 Å². The molecule has 0 saturated heterocycles. The highest BCUT2D eigenvalue weighted by Crippen LogP contribution is 2.46. The van der Waals surface area contributed by atoms with E-state index in [4.69, 9.17) is 9.47 Å². The molecule has 0 atom stereocenters. The van der Waals surface area contributed by atoms with E-state index in [0.29, 0.717) is 18.8 Å². The van der Waals surface area contributed by atoms with Crippen LogP contribution in [-0.2, 0) is 17.6 Å². The molecule has 0 bridgehead atoms. The van der Waals surface area contributed by atoms with Gasteiger partial charge in [-0.3, -0.25) is 0 Å². The summed E-state index contributed by atoms with van der Waals surface area (Å²) in [6.45, 7) is 4.68. The lowest BCUT2D eigenvalue weighted by molar-refractivity contribution is 0.201. The van der Waals surface area contributed by atoms with E-state index in [9.17, 15) is 4.39 Å². The number of anilines is 1. The van der Waals surface area contributed by atoms with Gasteiger partial charge in [-0.1, -0.05) is 18.2 Å². The molecule has 26 heavy (non-hydrogen) atoms. The van der Waals surface area contributed by atoms with Gasteiger partial charge in [0.15, 0.2) is 0 Å². The normalized spacial score (nSPS) is 16.5. The van der Waals surface area contributed by atoms with Crippen LogP contribution < -0.4 is 15.0 Å². The minimum Gasteiger partial charge on any atom is -0.490 e. The van der Waals surface area contributed by atoms with Crippen LogP contribution in [0.3, 0.4) is 0 Å². The zero-order valence-electron chi connectivity index (χ0n) is 15.2. The van der Waals surface area contributed by atoms with Crippen molar-refractivity contribution < 1.29 is 13.9 Å². The van der Waals surface area contributed by atoms with Crippen LogP contribution in [0.5, 0.6) is 5.75 Å². The van der Waals surface area contributed by atoms with Crippen molar-refractivity contribution in [3.63, 3.8) is 0 Å². The maximum atomic E-state index is 14.8. The quantitative estimate of drug-likeness (QED) is 0.913. The summed E-state index contributed by atoms with van der Waals surface area (Å²) in [6.07, 6.45) is 1.83. The summed E-state index contributed by atoms with van der Waals surface area (Å²) in [7, 11) is 1.71. The van der Waals surface area contributed by atoms with E-state index in [0.717, 1.165) is 56.0 Å². The summed E-state index contributed by atoms with van der Waals surface area (Å²) in [4.78, 5) is 2.28. The van der Waals surface area contributed by atoms with Gasteiger partial charge in [-0.05, 0) is 49.2 Å². The Morgan fingerprint density at radius 1 is 1.23 bits per heavy atom. The lowest BCUT2D eigenvalue weighted by atomic mass is 9.89. The predicted octanol–water partition coefficient (Wildman–Crippen LogP) is 3.03. The van der Waals surface area contributed by atoms with Crippen molar-refractivity contribution in [1.29, 1.82) is 0 Å². The molecule has 0 radical (unpaired) electrons.